The van der Waals surface area contributed by atoms with Crippen molar-refractivity contribution >= 4 is 9.84 Å². The van der Waals surface area contributed by atoms with Crippen LogP contribution in [0.15, 0.2) is 24.3 Å². The van der Waals surface area contributed by atoms with Gasteiger partial charge >= 0.3 is 0 Å². The summed E-state index contributed by atoms with van der Waals surface area (Å²) in [5.41, 5.74) is 1.75. The molecule has 11 heavy (non-hydrogen) atoms. The zero-order chi connectivity index (χ0) is 7.90. The predicted molar refractivity (Wildman–Crippen MR) is 42.5 cm³/mol. The van der Waals surface area contributed by atoms with Gasteiger partial charge in [-0.25, -0.2) is 8.42 Å². The van der Waals surface area contributed by atoms with Gasteiger partial charge in [0, 0.05) is 0 Å². The maximum absolute atomic E-state index is 11.0. The molecule has 0 atom stereocenters. The molecule has 0 amide bonds. The van der Waals surface area contributed by atoms with Crippen LogP contribution in [0.1, 0.15) is 11.1 Å². The second-order valence-electron chi connectivity index (χ2n) is 2.62. The first kappa shape index (κ1) is 6.85. The molecule has 0 aromatic heterocycles. The van der Waals surface area contributed by atoms with Gasteiger partial charge in [-0.3, -0.25) is 0 Å². The van der Waals surface area contributed by atoms with E-state index in [2.05, 4.69) is 0 Å². The van der Waals surface area contributed by atoms with Crippen LogP contribution in [0, 0.1) is 5.75 Å². The molecule has 1 heterocycles. The number of fused-ring (bicyclic) bond motifs is 1. The highest BCUT2D eigenvalue weighted by Gasteiger charge is 2.23. The molecule has 1 radical (unpaired) electrons. The van der Waals surface area contributed by atoms with Crippen LogP contribution in [0.25, 0.3) is 0 Å². The Morgan fingerprint density at radius 2 is 1.91 bits per heavy atom. The first-order valence-corrected chi connectivity index (χ1v) is 5.04. The first-order chi connectivity index (χ1) is 5.17. The van der Waals surface area contributed by atoms with Crippen LogP contribution in [0.5, 0.6) is 0 Å². The third-order valence-corrected chi connectivity index (χ3v) is 3.04. The summed E-state index contributed by atoms with van der Waals surface area (Å²) in [7, 11) is -2.93. The lowest BCUT2D eigenvalue weighted by atomic mass is 10.1. The average molecular weight is 167 g/mol. The number of benzene rings is 1. The first-order valence-electron chi connectivity index (χ1n) is 3.33. The molecule has 0 unspecified atom stereocenters. The monoisotopic (exact) mass is 167 g/mol. The molecular formula is C8H7O2S. The van der Waals surface area contributed by atoms with Crippen molar-refractivity contribution in [2.75, 3.05) is 0 Å². The van der Waals surface area contributed by atoms with Crippen LogP contribution >= 0.6 is 0 Å². The zero-order valence-corrected chi connectivity index (χ0v) is 6.64. The van der Waals surface area contributed by atoms with E-state index in [1.54, 1.807) is 0 Å². The molecular weight excluding hydrogens is 160 g/mol. The number of hydrogen-bond acceptors (Lipinski definition) is 2. The van der Waals surface area contributed by atoms with E-state index >= 15 is 0 Å². The standard InChI is InChI=1S/C8H7O2S/c9-11(10)5-7-3-1-2-4-8(7)6-11/h1-5H,6H2. The molecule has 2 rings (SSSR count). The second-order valence-corrected chi connectivity index (χ2v) is 4.47. The molecule has 2 nitrogen and oxygen atoms in total. The SMILES string of the molecule is O=S1(=O)[CH]c2ccccc2C1. The van der Waals surface area contributed by atoms with Gasteiger partial charge in [-0.1, -0.05) is 24.3 Å². The van der Waals surface area contributed by atoms with Crippen LogP contribution in [0.2, 0.25) is 0 Å². The lowest BCUT2D eigenvalue weighted by molar-refractivity contribution is 0.603. The van der Waals surface area contributed by atoms with Gasteiger partial charge in [-0.15, -0.1) is 0 Å². The summed E-state index contributed by atoms with van der Waals surface area (Å²) >= 11 is 0. The van der Waals surface area contributed by atoms with Crippen LogP contribution in [-0.4, -0.2) is 8.42 Å². The van der Waals surface area contributed by atoms with Crippen LogP contribution in [0.4, 0.5) is 0 Å². The van der Waals surface area contributed by atoms with E-state index in [0.717, 1.165) is 11.1 Å². The Bertz CT molecular complexity index is 348. The van der Waals surface area contributed by atoms with Crippen LogP contribution in [-0.2, 0) is 15.6 Å². The zero-order valence-electron chi connectivity index (χ0n) is 5.82. The third kappa shape index (κ3) is 1.16. The second kappa shape index (κ2) is 2.08. The van der Waals surface area contributed by atoms with Crippen molar-refractivity contribution in [3.63, 3.8) is 0 Å². The molecule has 1 aromatic carbocycles. The van der Waals surface area contributed by atoms with Crippen LogP contribution in [0.3, 0.4) is 0 Å². The number of rotatable bonds is 0. The van der Waals surface area contributed by atoms with Crippen molar-refractivity contribution in [3.8, 4) is 0 Å². The Hall–Kier alpha value is -0.830. The molecule has 3 heteroatoms. The van der Waals surface area contributed by atoms with Gasteiger partial charge in [0.1, 0.15) is 5.75 Å². The molecule has 1 aromatic rings. The van der Waals surface area contributed by atoms with Crippen molar-refractivity contribution < 1.29 is 8.42 Å². The Balaban J connectivity index is 2.57. The lowest BCUT2D eigenvalue weighted by Gasteiger charge is -1.90. The van der Waals surface area contributed by atoms with Gasteiger partial charge < -0.3 is 0 Å². The summed E-state index contributed by atoms with van der Waals surface area (Å²) in [5.74, 6) is 1.51. The molecule has 1 aliphatic rings. The molecule has 0 fully saturated rings. The Labute approximate surface area is 65.8 Å². The normalized spacial score (nSPS) is 19.6. The summed E-state index contributed by atoms with van der Waals surface area (Å²) in [6, 6.07) is 7.36. The van der Waals surface area contributed by atoms with Gasteiger partial charge in [-0.05, 0) is 11.1 Å². The third-order valence-electron chi connectivity index (χ3n) is 1.72. The summed E-state index contributed by atoms with van der Waals surface area (Å²) < 4.78 is 22.1. The highest BCUT2D eigenvalue weighted by atomic mass is 32.2. The Morgan fingerprint density at radius 3 is 2.64 bits per heavy atom. The Morgan fingerprint density at radius 1 is 1.18 bits per heavy atom. The molecule has 0 N–H and O–H groups in total. The number of hydrogen-bond donors (Lipinski definition) is 0. The summed E-state index contributed by atoms with van der Waals surface area (Å²) in [6.07, 6.45) is 0. The smallest absolute Gasteiger partial charge is 0.163 e. The van der Waals surface area contributed by atoms with E-state index in [1.807, 2.05) is 24.3 Å². The molecule has 0 saturated heterocycles. The highest BCUT2D eigenvalue weighted by Crippen LogP contribution is 2.25. The van der Waals surface area contributed by atoms with Crippen molar-refractivity contribution in [1.82, 2.24) is 0 Å². The van der Waals surface area contributed by atoms with E-state index in [-0.39, 0.29) is 5.75 Å². The summed E-state index contributed by atoms with van der Waals surface area (Å²) in [6.45, 7) is 0. The van der Waals surface area contributed by atoms with Crippen molar-refractivity contribution in [2.24, 2.45) is 0 Å². The molecule has 0 aliphatic carbocycles. The van der Waals surface area contributed by atoms with Gasteiger partial charge in [0.15, 0.2) is 9.84 Å². The largest absolute Gasteiger partial charge is 0.228 e. The predicted octanol–water partition coefficient (Wildman–Crippen LogP) is 1.12. The van der Waals surface area contributed by atoms with Crippen LogP contribution < -0.4 is 0 Å². The minimum atomic E-state index is -2.93. The van der Waals surface area contributed by atoms with Gasteiger partial charge in [-0.2, -0.15) is 0 Å². The van der Waals surface area contributed by atoms with Crippen molar-refractivity contribution in [1.29, 1.82) is 0 Å². The van der Waals surface area contributed by atoms with Crippen molar-refractivity contribution in [3.05, 3.63) is 41.1 Å². The molecule has 0 spiro atoms. The van der Waals surface area contributed by atoms with Gasteiger partial charge in [0.2, 0.25) is 0 Å². The maximum atomic E-state index is 11.0. The highest BCUT2D eigenvalue weighted by molar-refractivity contribution is 7.93. The van der Waals surface area contributed by atoms with E-state index < -0.39 is 9.84 Å². The fourth-order valence-corrected chi connectivity index (χ4v) is 2.63. The fraction of sp³-hybridized carbons (Fsp3) is 0.125. The molecule has 0 bridgehead atoms. The van der Waals surface area contributed by atoms with Gasteiger partial charge in [0.05, 0.1) is 5.75 Å². The minimum Gasteiger partial charge on any atom is -0.228 e. The van der Waals surface area contributed by atoms with E-state index in [0.29, 0.717) is 0 Å². The Kier molecular flexibility index (Phi) is 1.29. The lowest BCUT2D eigenvalue weighted by Crippen LogP contribution is -1.93. The summed E-state index contributed by atoms with van der Waals surface area (Å²) in [4.78, 5) is 0. The van der Waals surface area contributed by atoms with E-state index in [4.69, 9.17) is 0 Å². The van der Waals surface area contributed by atoms with E-state index in [1.165, 1.54) is 5.75 Å². The molecule has 0 saturated carbocycles. The molecule has 57 valence electrons. The number of sulfone groups is 1. The van der Waals surface area contributed by atoms with Crippen molar-refractivity contribution in [2.45, 2.75) is 5.75 Å². The van der Waals surface area contributed by atoms with E-state index in [9.17, 15) is 8.42 Å². The average Bonchev–Trinajstić information content (AvgIpc) is 2.21. The quantitative estimate of drug-likeness (QED) is 0.580. The fourth-order valence-electron chi connectivity index (χ4n) is 1.23. The summed E-state index contributed by atoms with van der Waals surface area (Å²) in [5, 5.41) is 0. The van der Waals surface area contributed by atoms with Gasteiger partial charge in [0.25, 0.3) is 0 Å². The maximum Gasteiger partial charge on any atom is 0.163 e. The topological polar surface area (TPSA) is 34.1 Å². The minimum absolute atomic E-state index is 0.170. The molecule has 1 aliphatic heterocycles.